The largest absolute Gasteiger partial charge is 0.493 e. The minimum atomic E-state index is -3.89. The second-order valence-electron chi connectivity index (χ2n) is 8.66. The molecule has 0 unspecified atom stereocenters. The number of sulfonamides is 1. The van der Waals surface area contributed by atoms with Crippen LogP contribution in [0.1, 0.15) is 31.2 Å². The van der Waals surface area contributed by atoms with Crippen molar-refractivity contribution in [2.75, 3.05) is 30.5 Å². The number of halogens is 3. The maximum Gasteiger partial charge on any atom is 0.264 e. The van der Waals surface area contributed by atoms with Crippen molar-refractivity contribution in [1.29, 1.82) is 0 Å². The molecule has 1 heterocycles. The van der Waals surface area contributed by atoms with Gasteiger partial charge in [-0.1, -0.05) is 53.9 Å². The molecule has 1 fully saturated rings. The number of anilines is 1. The van der Waals surface area contributed by atoms with Gasteiger partial charge >= 0.3 is 0 Å². The summed E-state index contributed by atoms with van der Waals surface area (Å²) in [7, 11) is -3.89. The van der Waals surface area contributed by atoms with Gasteiger partial charge < -0.3 is 9.64 Å². The summed E-state index contributed by atoms with van der Waals surface area (Å²) in [4.78, 5) is 2.64. The van der Waals surface area contributed by atoms with E-state index in [0.29, 0.717) is 28.1 Å². The minimum absolute atomic E-state index is 0. The number of hydrogen-bond acceptors (Lipinski definition) is 4. The Labute approximate surface area is 230 Å². The summed E-state index contributed by atoms with van der Waals surface area (Å²) in [5, 5.41) is 0.933. The molecular weight excluding hydrogens is 539 g/mol. The molecule has 1 saturated heterocycles. The Morgan fingerprint density at radius 3 is 2.31 bits per heavy atom. The molecule has 36 heavy (non-hydrogen) atoms. The summed E-state index contributed by atoms with van der Waals surface area (Å²) < 4.78 is 34.9. The molecule has 0 spiro atoms. The van der Waals surface area contributed by atoms with Crippen molar-refractivity contribution in [3.63, 3.8) is 0 Å². The summed E-state index contributed by atoms with van der Waals surface area (Å²) >= 11 is 12.2. The van der Waals surface area contributed by atoms with Crippen molar-refractivity contribution < 1.29 is 13.2 Å². The number of piperidine rings is 1. The molecule has 9 heteroatoms. The normalized spacial score (nSPS) is 14.2. The molecular formula is C27H31Cl3N2O3S. The molecule has 1 aliphatic rings. The third-order valence-electron chi connectivity index (χ3n) is 6.11. The van der Waals surface area contributed by atoms with Gasteiger partial charge in [0.2, 0.25) is 0 Å². The highest BCUT2D eigenvalue weighted by atomic mass is 35.5. The summed E-state index contributed by atoms with van der Waals surface area (Å²) in [6.07, 6.45) is 4.79. The van der Waals surface area contributed by atoms with Gasteiger partial charge in [-0.25, -0.2) is 8.42 Å². The van der Waals surface area contributed by atoms with Gasteiger partial charge in [0, 0.05) is 22.2 Å². The molecule has 3 aromatic rings. The number of benzene rings is 3. The molecule has 0 bridgehead atoms. The first-order valence-corrected chi connectivity index (χ1v) is 14.1. The molecule has 4 rings (SSSR count). The van der Waals surface area contributed by atoms with E-state index in [1.807, 2.05) is 24.3 Å². The summed E-state index contributed by atoms with van der Waals surface area (Å²) in [5.74, 6) is 0.685. The van der Waals surface area contributed by atoms with Gasteiger partial charge in [0.25, 0.3) is 10.0 Å². The SMILES string of the molecule is Cl.O=S(=O)(c1ccc(Cl)cc1)N(Cc1ccccc1OCCCN1CCCCC1)c1cccc(Cl)c1. The first-order valence-electron chi connectivity index (χ1n) is 11.9. The maximum absolute atomic E-state index is 13.7. The average Bonchev–Trinajstić information content (AvgIpc) is 2.86. The second kappa shape index (κ2) is 13.5. The Morgan fingerprint density at radius 1 is 0.861 bits per heavy atom. The standard InChI is InChI=1S/C27H30Cl2N2O3S.ClH/c28-23-12-14-26(15-13-23)35(32,33)31(25-10-6-9-24(29)20-25)21-22-8-2-3-11-27(22)34-19-7-18-30-16-4-1-5-17-30;/h2-3,6,8-15,20H,1,4-5,7,16-19,21H2;1H. The number of para-hydroxylation sites is 1. The van der Waals surface area contributed by atoms with Gasteiger partial charge in [0.1, 0.15) is 5.75 Å². The van der Waals surface area contributed by atoms with Gasteiger partial charge in [-0.2, -0.15) is 0 Å². The van der Waals surface area contributed by atoms with E-state index < -0.39 is 10.0 Å². The number of hydrogen-bond donors (Lipinski definition) is 0. The lowest BCUT2D eigenvalue weighted by Crippen LogP contribution is -2.31. The van der Waals surface area contributed by atoms with Crippen molar-refractivity contribution in [3.05, 3.63) is 88.4 Å². The topological polar surface area (TPSA) is 49.9 Å². The van der Waals surface area contributed by atoms with E-state index in [2.05, 4.69) is 4.90 Å². The second-order valence-corrected chi connectivity index (χ2v) is 11.4. The van der Waals surface area contributed by atoms with Crippen LogP contribution in [0.3, 0.4) is 0 Å². The molecule has 0 N–H and O–H groups in total. The molecule has 0 amide bonds. The lowest BCUT2D eigenvalue weighted by molar-refractivity contribution is 0.204. The van der Waals surface area contributed by atoms with Gasteiger partial charge in [0.05, 0.1) is 23.7 Å². The summed E-state index contributed by atoms with van der Waals surface area (Å²) in [6.45, 7) is 4.02. The average molecular weight is 570 g/mol. The fraction of sp³-hybridized carbons (Fsp3) is 0.333. The van der Waals surface area contributed by atoms with Crippen molar-refractivity contribution >= 4 is 51.3 Å². The third-order valence-corrected chi connectivity index (χ3v) is 8.38. The zero-order valence-corrected chi connectivity index (χ0v) is 23.1. The highest BCUT2D eigenvalue weighted by molar-refractivity contribution is 7.92. The lowest BCUT2D eigenvalue weighted by Gasteiger charge is -2.27. The molecule has 1 aliphatic heterocycles. The Morgan fingerprint density at radius 2 is 1.58 bits per heavy atom. The minimum Gasteiger partial charge on any atom is -0.493 e. The number of rotatable bonds is 10. The quantitative estimate of drug-likeness (QED) is 0.245. The van der Waals surface area contributed by atoms with Crippen LogP contribution >= 0.6 is 35.6 Å². The lowest BCUT2D eigenvalue weighted by atomic mass is 10.1. The van der Waals surface area contributed by atoms with Gasteiger partial charge in [-0.05, 0) is 80.9 Å². The monoisotopic (exact) mass is 568 g/mol. The highest BCUT2D eigenvalue weighted by Crippen LogP contribution is 2.31. The van der Waals surface area contributed by atoms with E-state index >= 15 is 0 Å². The Kier molecular flexibility index (Phi) is 10.8. The zero-order chi connectivity index (χ0) is 24.7. The molecule has 0 atom stereocenters. The van der Waals surface area contributed by atoms with Crippen LogP contribution in [0.5, 0.6) is 5.75 Å². The maximum atomic E-state index is 13.7. The molecule has 0 radical (unpaired) electrons. The predicted octanol–water partition coefficient (Wildman–Crippen LogP) is 7.07. The van der Waals surface area contributed by atoms with Crippen molar-refractivity contribution in [3.8, 4) is 5.75 Å². The highest BCUT2D eigenvalue weighted by Gasteiger charge is 2.26. The number of nitrogens with zero attached hydrogens (tertiary/aromatic N) is 2. The Balaban J connectivity index is 0.00000361. The van der Waals surface area contributed by atoms with E-state index in [1.165, 1.54) is 35.7 Å². The van der Waals surface area contributed by atoms with Crippen LogP contribution in [0.25, 0.3) is 0 Å². The molecule has 0 aliphatic carbocycles. The first-order chi connectivity index (χ1) is 16.9. The van der Waals surface area contributed by atoms with E-state index in [9.17, 15) is 8.42 Å². The zero-order valence-electron chi connectivity index (χ0n) is 20.0. The van der Waals surface area contributed by atoms with Gasteiger partial charge in [-0.15, -0.1) is 12.4 Å². The summed E-state index contributed by atoms with van der Waals surface area (Å²) in [5.41, 5.74) is 1.26. The predicted molar refractivity (Wildman–Crippen MR) is 150 cm³/mol. The Bertz CT molecular complexity index is 1220. The molecule has 0 aromatic heterocycles. The Hall–Kier alpha value is -1.96. The van der Waals surface area contributed by atoms with Crippen molar-refractivity contribution in [2.45, 2.75) is 37.1 Å². The summed E-state index contributed by atoms with van der Waals surface area (Å²) in [6, 6.07) is 20.6. The third kappa shape index (κ3) is 7.53. The van der Waals surface area contributed by atoms with Crippen molar-refractivity contribution in [2.24, 2.45) is 0 Å². The van der Waals surface area contributed by atoms with E-state index in [4.69, 9.17) is 27.9 Å². The van der Waals surface area contributed by atoms with E-state index in [-0.39, 0.29) is 23.8 Å². The van der Waals surface area contributed by atoms with Crippen LogP contribution in [0.2, 0.25) is 10.0 Å². The van der Waals surface area contributed by atoms with Gasteiger partial charge in [-0.3, -0.25) is 4.31 Å². The molecule has 5 nitrogen and oxygen atoms in total. The van der Waals surface area contributed by atoms with Crippen LogP contribution in [-0.2, 0) is 16.6 Å². The van der Waals surface area contributed by atoms with Crippen LogP contribution in [-0.4, -0.2) is 39.6 Å². The molecule has 194 valence electrons. The van der Waals surface area contributed by atoms with Crippen LogP contribution in [0.15, 0.2) is 77.7 Å². The van der Waals surface area contributed by atoms with Gasteiger partial charge in [0.15, 0.2) is 0 Å². The molecule has 3 aromatic carbocycles. The van der Waals surface area contributed by atoms with Crippen LogP contribution < -0.4 is 9.04 Å². The van der Waals surface area contributed by atoms with Crippen LogP contribution in [0.4, 0.5) is 5.69 Å². The first kappa shape index (κ1) is 28.6. The van der Waals surface area contributed by atoms with E-state index in [1.54, 1.807) is 36.4 Å². The number of likely N-dealkylation sites (tertiary alicyclic amines) is 1. The fourth-order valence-electron chi connectivity index (χ4n) is 4.26. The smallest absolute Gasteiger partial charge is 0.264 e. The van der Waals surface area contributed by atoms with Crippen LogP contribution in [0, 0.1) is 0 Å². The molecule has 0 saturated carbocycles. The fourth-order valence-corrected chi connectivity index (χ4v) is 6.01. The number of ether oxygens (including phenoxy) is 1. The van der Waals surface area contributed by atoms with E-state index in [0.717, 1.165) is 31.6 Å². The van der Waals surface area contributed by atoms with Crippen molar-refractivity contribution in [1.82, 2.24) is 4.90 Å².